The van der Waals surface area contributed by atoms with Crippen LogP contribution < -0.4 is 10.3 Å². The zero-order chi connectivity index (χ0) is 22.2. The number of aliphatic carboxylic acids is 1. The standard InChI is InChI=1S/C22H26N2O5S/c1-12-11-14(7-8-15(12)29-6)17-13(2)30-19-18(17)20(25)24(22(3,4)21(26)27)16(23-19)9-10-28-5/h7-8,11H,9-10H2,1-6H3,(H,26,27). The van der Waals surface area contributed by atoms with Gasteiger partial charge in [-0.15, -0.1) is 11.3 Å². The van der Waals surface area contributed by atoms with Crippen molar-refractivity contribution in [3.63, 3.8) is 0 Å². The fraction of sp³-hybridized carbons (Fsp3) is 0.409. The molecule has 0 fully saturated rings. The van der Waals surface area contributed by atoms with E-state index in [2.05, 4.69) is 0 Å². The number of nitrogens with zero attached hydrogens (tertiary/aromatic N) is 2. The lowest BCUT2D eigenvalue weighted by molar-refractivity contribution is -0.146. The van der Waals surface area contributed by atoms with Crippen LogP contribution >= 0.6 is 11.3 Å². The van der Waals surface area contributed by atoms with Gasteiger partial charge >= 0.3 is 5.97 Å². The lowest BCUT2D eigenvalue weighted by atomic mass is 10.00. The van der Waals surface area contributed by atoms with E-state index in [4.69, 9.17) is 14.5 Å². The van der Waals surface area contributed by atoms with Crippen LogP contribution in [0.2, 0.25) is 0 Å². The van der Waals surface area contributed by atoms with Gasteiger partial charge in [0.1, 0.15) is 21.9 Å². The number of rotatable bonds is 7. The normalized spacial score (nSPS) is 11.8. The molecule has 2 heterocycles. The second-order valence-electron chi connectivity index (χ2n) is 7.67. The number of thiophene rings is 1. The van der Waals surface area contributed by atoms with Gasteiger partial charge in [0.05, 0.1) is 19.1 Å². The summed E-state index contributed by atoms with van der Waals surface area (Å²) < 4.78 is 11.8. The molecule has 1 N–H and O–H groups in total. The average molecular weight is 431 g/mol. The molecule has 30 heavy (non-hydrogen) atoms. The monoisotopic (exact) mass is 430 g/mol. The Hall–Kier alpha value is -2.71. The first-order valence-electron chi connectivity index (χ1n) is 9.56. The van der Waals surface area contributed by atoms with Crippen LogP contribution in [0.15, 0.2) is 23.0 Å². The van der Waals surface area contributed by atoms with E-state index in [1.54, 1.807) is 14.2 Å². The molecule has 8 heteroatoms. The molecule has 1 aromatic carbocycles. The highest BCUT2D eigenvalue weighted by Crippen LogP contribution is 2.38. The second kappa shape index (κ2) is 8.20. The molecule has 0 saturated heterocycles. The minimum Gasteiger partial charge on any atom is -0.496 e. The van der Waals surface area contributed by atoms with Gasteiger partial charge < -0.3 is 14.6 Å². The third-order valence-electron chi connectivity index (χ3n) is 5.27. The molecule has 0 radical (unpaired) electrons. The number of methoxy groups -OCH3 is 2. The van der Waals surface area contributed by atoms with Gasteiger partial charge in [-0.3, -0.25) is 9.36 Å². The Morgan fingerprint density at radius 3 is 2.53 bits per heavy atom. The summed E-state index contributed by atoms with van der Waals surface area (Å²) in [5.41, 5.74) is 0.798. The fourth-order valence-corrected chi connectivity index (χ4v) is 4.67. The van der Waals surface area contributed by atoms with Gasteiger partial charge in [-0.05, 0) is 51.0 Å². The maximum Gasteiger partial charge on any atom is 0.329 e. The first-order valence-corrected chi connectivity index (χ1v) is 10.4. The van der Waals surface area contributed by atoms with E-state index in [1.807, 2.05) is 32.0 Å². The van der Waals surface area contributed by atoms with E-state index < -0.39 is 11.5 Å². The topological polar surface area (TPSA) is 90.7 Å². The Kier molecular flexibility index (Phi) is 6.01. The smallest absolute Gasteiger partial charge is 0.329 e. The van der Waals surface area contributed by atoms with Crippen molar-refractivity contribution in [3.8, 4) is 16.9 Å². The molecule has 0 amide bonds. The van der Waals surface area contributed by atoms with Gasteiger partial charge in [0.15, 0.2) is 0 Å². The minimum absolute atomic E-state index is 0.336. The molecule has 0 atom stereocenters. The van der Waals surface area contributed by atoms with Crippen molar-refractivity contribution in [1.29, 1.82) is 0 Å². The number of ether oxygens (including phenoxy) is 2. The van der Waals surface area contributed by atoms with Crippen LogP contribution in [0.3, 0.4) is 0 Å². The van der Waals surface area contributed by atoms with E-state index in [0.29, 0.717) is 29.1 Å². The molecular formula is C22H26N2O5S. The van der Waals surface area contributed by atoms with Crippen molar-refractivity contribution in [2.75, 3.05) is 20.8 Å². The molecule has 3 aromatic rings. The maximum absolute atomic E-state index is 13.7. The molecule has 7 nitrogen and oxygen atoms in total. The summed E-state index contributed by atoms with van der Waals surface area (Å²) >= 11 is 1.43. The number of carboxylic acids is 1. The zero-order valence-electron chi connectivity index (χ0n) is 18.0. The van der Waals surface area contributed by atoms with Crippen molar-refractivity contribution in [3.05, 3.63) is 44.8 Å². The summed E-state index contributed by atoms with van der Waals surface area (Å²) in [7, 11) is 3.17. The summed E-state index contributed by atoms with van der Waals surface area (Å²) in [4.78, 5) is 31.9. The van der Waals surface area contributed by atoms with E-state index in [9.17, 15) is 14.7 Å². The number of carbonyl (C=O) groups is 1. The average Bonchev–Trinajstić information content (AvgIpc) is 3.02. The highest BCUT2D eigenvalue weighted by atomic mass is 32.1. The molecule has 0 aliphatic carbocycles. The molecule has 3 rings (SSSR count). The van der Waals surface area contributed by atoms with Crippen LogP contribution in [0.5, 0.6) is 5.75 Å². The number of hydrogen-bond acceptors (Lipinski definition) is 6. The lowest BCUT2D eigenvalue weighted by Gasteiger charge is -2.25. The number of fused-ring (bicyclic) bond motifs is 1. The third kappa shape index (κ3) is 3.61. The van der Waals surface area contributed by atoms with Crippen molar-refractivity contribution in [1.82, 2.24) is 9.55 Å². The molecule has 2 aromatic heterocycles. The third-order valence-corrected chi connectivity index (χ3v) is 6.27. The molecule has 0 aliphatic rings. The van der Waals surface area contributed by atoms with Crippen molar-refractivity contribution in [2.45, 2.75) is 39.7 Å². The van der Waals surface area contributed by atoms with Crippen LogP contribution in [0.25, 0.3) is 21.3 Å². The Labute approximate surface area is 178 Å². The Bertz CT molecular complexity index is 1180. The van der Waals surface area contributed by atoms with Crippen molar-refractivity contribution < 1.29 is 19.4 Å². The van der Waals surface area contributed by atoms with Gasteiger partial charge in [0, 0.05) is 24.0 Å². The first kappa shape index (κ1) is 22.0. The largest absolute Gasteiger partial charge is 0.496 e. The number of aromatic nitrogens is 2. The molecule has 0 aliphatic heterocycles. The summed E-state index contributed by atoms with van der Waals surface area (Å²) in [6.45, 7) is 7.25. The van der Waals surface area contributed by atoms with Crippen LogP contribution in [-0.2, 0) is 21.5 Å². The molecule has 0 bridgehead atoms. The van der Waals surface area contributed by atoms with Gasteiger partial charge in [0.25, 0.3) is 5.56 Å². The van der Waals surface area contributed by atoms with Gasteiger partial charge in [0.2, 0.25) is 0 Å². The van der Waals surface area contributed by atoms with E-state index >= 15 is 0 Å². The highest BCUT2D eigenvalue weighted by Gasteiger charge is 2.34. The SMILES string of the molecule is COCCc1nc2sc(C)c(-c3ccc(OC)c(C)c3)c2c(=O)n1C(C)(C)C(=O)O. The van der Waals surface area contributed by atoms with Crippen LogP contribution in [-0.4, -0.2) is 41.5 Å². The van der Waals surface area contributed by atoms with E-state index in [1.165, 1.54) is 29.8 Å². The Morgan fingerprint density at radius 1 is 1.27 bits per heavy atom. The molecule has 0 saturated carbocycles. The molecule has 0 spiro atoms. The van der Waals surface area contributed by atoms with Crippen molar-refractivity contribution in [2.24, 2.45) is 0 Å². The highest BCUT2D eigenvalue weighted by molar-refractivity contribution is 7.19. The number of benzene rings is 1. The van der Waals surface area contributed by atoms with E-state index in [-0.39, 0.29) is 5.56 Å². The fourth-order valence-electron chi connectivity index (χ4n) is 3.62. The molecule has 0 unspecified atom stereocenters. The molecule has 160 valence electrons. The van der Waals surface area contributed by atoms with Crippen LogP contribution in [0, 0.1) is 13.8 Å². The predicted octanol–water partition coefficient (Wildman–Crippen LogP) is 3.76. The summed E-state index contributed by atoms with van der Waals surface area (Å²) in [6.07, 6.45) is 0.340. The summed E-state index contributed by atoms with van der Waals surface area (Å²) in [5.74, 6) is 0.0685. The van der Waals surface area contributed by atoms with Crippen molar-refractivity contribution >= 4 is 27.5 Å². The Morgan fingerprint density at radius 2 is 1.97 bits per heavy atom. The minimum atomic E-state index is -1.45. The predicted molar refractivity (Wildman–Crippen MR) is 118 cm³/mol. The second-order valence-corrected chi connectivity index (χ2v) is 8.88. The van der Waals surface area contributed by atoms with E-state index in [0.717, 1.165) is 27.3 Å². The molecular weight excluding hydrogens is 404 g/mol. The summed E-state index contributed by atoms with van der Waals surface area (Å²) in [6, 6.07) is 5.75. The first-order chi connectivity index (χ1) is 14.1. The number of carboxylic acid groups (broad SMARTS) is 1. The quantitative estimate of drug-likeness (QED) is 0.614. The zero-order valence-corrected chi connectivity index (χ0v) is 18.8. The van der Waals surface area contributed by atoms with Gasteiger partial charge in [-0.25, -0.2) is 9.78 Å². The Balaban J connectivity index is 2.37. The number of aryl methyl sites for hydroxylation is 2. The maximum atomic E-state index is 13.7. The van der Waals surface area contributed by atoms with Crippen LogP contribution in [0.1, 0.15) is 30.1 Å². The number of hydrogen-bond donors (Lipinski definition) is 1. The summed E-state index contributed by atoms with van der Waals surface area (Å²) in [5, 5.41) is 10.2. The van der Waals surface area contributed by atoms with Gasteiger partial charge in [-0.2, -0.15) is 0 Å². The lowest BCUT2D eigenvalue weighted by Crippen LogP contribution is -2.45. The van der Waals surface area contributed by atoms with Gasteiger partial charge in [-0.1, -0.05) is 6.07 Å². The van der Waals surface area contributed by atoms with Crippen LogP contribution in [0.4, 0.5) is 0 Å².